The Balaban J connectivity index is 2.57. The van der Waals surface area contributed by atoms with Gasteiger partial charge in [0.05, 0.1) is 16.2 Å². The van der Waals surface area contributed by atoms with E-state index in [-0.39, 0.29) is 5.69 Å². The van der Waals surface area contributed by atoms with Crippen molar-refractivity contribution in [3.8, 4) is 6.07 Å². The summed E-state index contributed by atoms with van der Waals surface area (Å²) < 4.78 is 0. The van der Waals surface area contributed by atoms with E-state index in [0.29, 0.717) is 16.9 Å². The monoisotopic (exact) mass is 267 g/mol. The Morgan fingerprint density at radius 2 is 1.90 bits per heavy atom. The molecule has 0 radical (unpaired) electrons. The fourth-order valence-corrected chi connectivity index (χ4v) is 2.05. The Bertz CT molecular complexity index is 705. The van der Waals surface area contributed by atoms with Gasteiger partial charge in [-0.2, -0.15) is 5.26 Å². The standard InChI is InChI=1S/C15H13N3O2/c1-11-7-8-14(15(9-11)18(19)20)17(2)13-6-4-3-5-12(13)10-16/h3-9H,1-2H3. The third-order valence-corrected chi connectivity index (χ3v) is 3.07. The molecule has 5 heteroatoms. The molecule has 0 aliphatic carbocycles. The SMILES string of the molecule is Cc1ccc(N(C)c2ccccc2C#N)c([N+](=O)[O-])c1. The minimum atomic E-state index is -0.409. The molecular formula is C15H13N3O2. The number of nitro benzene ring substituents is 1. The third kappa shape index (κ3) is 2.45. The van der Waals surface area contributed by atoms with E-state index in [2.05, 4.69) is 6.07 Å². The molecular weight excluding hydrogens is 254 g/mol. The first kappa shape index (κ1) is 13.6. The predicted molar refractivity (Wildman–Crippen MR) is 77.1 cm³/mol. The molecule has 2 aromatic rings. The summed E-state index contributed by atoms with van der Waals surface area (Å²) in [7, 11) is 1.72. The Hall–Kier alpha value is -2.87. The Labute approximate surface area is 116 Å². The van der Waals surface area contributed by atoms with Crippen LogP contribution in [0.2, 0.25) is 0 Å². The average Bonchev–Trinajstić information content (AvgIpc) is 2.46. The van der Waals surface area contributed by atoms with Crippen molar-refractivity contribution in [2.24, 2.45) is 0 Å². The van der Waals surface area contributed by atoms with Crippen LogP contribution in [-0.2, 0) is 0 Å². The van der Waals surface area contributed by atoms with Gasteiger partial charge in [0, 0.05) is 13.1 Å². The zero-order chi connectivity index (χ0) is 14.7. The van der Waals surface area contributed by atoms with Gasteiger partial charge in [-0.25, -0.2) is 0 Å². The van der Waals surface area contributed by atoms with Gasteiger partial charge in [-0.1, -0.05) is 18.2 Å². The molecule has 0 aromatic heterocycles. The van der Waals surface area contributed by atoms with Crippen LogP contribution in [0.1, 0.15) is 11.1 Å². The number of nitriles is 1. The van der Waals surface area contributed by atoms with E-state index in [1.54, 1.807) is 49.2 Å². The first-order chi connectivity index (χ1) is 9.54. The number of nitrogens with zero attached hydrogens (tertiary/aromatic N) is 3. The minimum Gasteiger partial charge on any atom is -0.338 e. The Morgan fingerprint density at radius 3 is 2.55 bits per heavy atom. The summed E-state index contributed by atoms with van der Waals surface area (Å²) in [5, 5.41) is 20.3. The third-order valence-electron chi connectivity index (χ3n) is 3.07. The van der Waals surface area contributed by atoms with Crippen molar-refractivity contribution >= 4 is 17.1 Å². The van der Waals surface area contributed by atoms with Crippen LogP contribution < -0.4 is 4.90 Å². The largest absolute Gasteiger partial charge is 0.338 e. The Morgan fingerprint density at radius 1 is 1.20 bits per heavy atom. The van der Waals surface area contributed by atoms with Gasteiger partial charge in [0.25, 0.3) is 5.69 Å². The van der Waals surface area contributed by atoms with Crippen LogP contribution >= 0.6 is 0 Å². The maximum absolute atomic E-state index is 11.2. The maximum Gasteiger partial charge on any atom is 0.293 e. The lowest BCUT2D eigenvalue weighted by atomic mass is 10.1. The highest BCUT2D eigenvalue weighted by molar-refractivity contribution is 5.75. The number of hydrogen-bond acceptors (Lipinski definition) is 4. The maximum atomic E-state index is 11.2. The van der Waals surface area contributed by atoms with Crippen molar-refractivity contribution < 1.29 is 4.92 Å². The first-order valence-electron chi connectivity index (χ1n) is 6.02. The number of anilines is 2. The molecule has 0 fully saturated rings. The average molecular weight is 267 g/mol. The molecule has 0 bridgehead atoms. The van der Waals surface area contributed by atoms with Crippen LogP contribution in [0.15, 0.2) is 42.5 Å². The van der Waals surface area contributed by atoms with Gasteiger partial charge < -0.3 is 4.90 Å². The lowest BCUT2D eigenvalue weighted by Crippen LogP contribution is -2.13. The molecule has 0 atom stereocenters. The van der Waals surface area contributed by atoms with E-state index < -0.39 is 4.92 Å². The highest BCUT2D eigenvalue weighted by atomic mass is 16.6. The van der Waals surface area contributed by atoms with Crippen molar-refractivity contribution in [1.82, 2.24) is 0 Å². The molecule has 0 heterocycles. The molecule has 100 valence electrons. The van der Waals surface area contributed by atoms with Crippen molar-refractivity contribution in [3.05, 3.63) is 63.7 Å². The van der Waals surface area contributed by atoms with Crippen LogP contribution in [0.5, 0.6) is 0 Å². The number of rotatable bonds is 3. The quantitative estimate of drug-likeness (QED) is 0.630. The molecule has 2 rings (SSSR count). The van der Waals surface area contributed by atoms with E-state index in [0.717, 1.165) is 5.56 Å². The second-order valence-corrected chi connectivity index (χ2v) is 4.44. The van der Waals surface area contributed by atoms with Crippen molar-refractivity contribution in [1.29, 1.82) is 5.26 Å². The number of nitro groups is 1. The van der Waals surface area contributed by atoms with Crippen LogP contribution in [0, 0.1) is 28.4 Å². The molecule has 2 aromatic carbocycles. The minimum absolute atomic E-state index is 0.0280. The lowest BCUT2D eigenvalue weighted by molar-refractivity contribution is -0.384. The second kappa shape index (κ2) is 5.41. The normalized spacial score (nSPS) is 9.85. The van der Waals surface area contributed by atoms with Gasteiger partial charge in [-0.3, -0.25) is 10.1 Å². The van der Waals surface area contributed by atoms with Crippen molar-refractivity contribution in [3.63, 3.8) is 0 Å². The molecule has 0 aliphatic heterocycles. The van der Waals surface area contributed by atoms with E-state index in [1.807, 2.05) is 6.07 Å². The van der Waals surface area contributed by atoms with Gasteiger partial charge in [0.15, 0.2) is 0 Å². The van der Waals surface area contributed by atoms with Gasteiger partial charge in [0.1, 0.15) is 11.8 Å². The molecule has 0 N–H and O–H groups in total. The van der Waals surface area contributed by atoms with Crippen molar-refractivity contribution in [2.75, 3.05) is 11.9 Å². The topological polar surface area (TPSA) is 70.2 Å². The smallest absolute Gasteiger partial charge is 0.293 e. The molecule has 5 nitrogen and oxygen atoms in total. The van der Waals surface area contributed by atoms with Gasteiger partial charge in [0.2, 0.25) is 0 Å². The lowest BCUT2D eigenvalue weighted by Gasteiger charge is -2.20. The first-order valence-corrected chi connectivity index (χ1v) is 6.02. The number of hydrogen-bond donors (Lipinski definition) is 0. The van der Waals surface area contributed by atoms with Gasteiger partial charge in [-0.05, 0) is 30.7 Å². The molecule has 20 heavy (non-hydrogen) atoms. The fraction of sp³-hybridized carbons (Fsp3) is 0.133. The summed E-state index contributed by atoms with van der Waals surface area (Å²) in [5.41, 5.74) is 2.43. The highest BCUT2D eigenvalue weighted by Gasteiger charge is 2.19. The van der Waals surface area contributed by atoms with E-state index >= 15 is 0 Å². The predicted octanol–water partition coefficient (Wildman–Crippen LogP) is 3.54. The number of aryl methyl sites for hydroxylation is 1. The summed E-state index contributed by atoms with van der Waals surface area (Å²) in [6.07, 6.45) is 0. The number of para-hydroxylation sites is 1. The second-order valence-electron chi connectivity index (χ2n) is 4.44. The molecule has 0 spiro atoms. The zero-order valence-electron chi connectivity index (χ0n) is 11.2. The highest BCUT2D eigenvalue weighted by Crippen LogP contribution is 2.34. The van der Waals surface area contributed by atoms with E-state index in [9.17, 15) is 10.1 Å². The zero-order valence-corrected chi connectivity index (χ0v) is 11.2. The van der Waals surface area contributed by atoms with Crippen LogP contribution in [0.4, 0.5) is 17.1 Å². The van der Waals surface area contributed by atoms with Crippen molar-refractivity contribution in [2.45, 2.75) is 6.92 Å². The summed E-state index contributed by atoms with van der Waals surface area (Å²) in [5.74, 6) is 0. The molecule has 0 unspecified atom stereocenters. The number of benzene rings is 2. The molecule has 0 saturated carbocycles. The summed E-state index contributed by atoms with van der Waals surface area (Å²) in [6, 6.07) is 14.1. The summed E-state index contributed by atoms with van der Waals surface area (Å²) in [6.45, 7) is 1.81. The van der Waals surface area contributed by atoms with E-state index in [1.165, 1.54) is 6.07 Å². The van der Waals surface area contributed by atoms with Crippen LogP contribution in [0.25, 0.3) is 0 Å². The van der Waals surface area contributed by atoms with E-state index in [4.69, 9.17) is 5.26 Å². The van der Waals surface area contributed by atoms with Crippen LogP contribution in [-0.4, -0.2) is 12.0 Å². The molecule has 0 saturated heterocycles. The summed E-state index contributed by atoms with van der Waals surface area (Å²) >= 11 is 0. The Kier molecular flexibility index (Phi) is 3.67. The molecule has 0 amide bonds. The van der Waals surface area contributed by atoms with Gasteiger partial charge in [-0.15, -0.1) is 0 Å². The molecule has 0 aliphatic rings. The fourth-order valence-electron chi connectivity index (χ4n) is 2.05. The van der Waals surface area contributed by atoms with Crippen LogP contribution in [0.3, 0.4) is 0 Å². The van der Waals surface area contributed by atoms with Gasteiger partial charge >= 0.3 is 0 Å². The summed E-state index contributed by atoms with van der Waals surface area (Å²) in [4.78, 5) is 12.4.